The highest BCUT2D eigenvalue weighted by Crippen LogP contribution is 2.44. The van der Waals surface area contributed by atoms with E-state index in [4.69, 9.17) is 4.74 Å². The van der Waals surface area contributed by atoms with Crippen LogP contribution in [0.15, 0.2) is 48.5 Å². The van der Waals surface area contributed by atoms with Gasteiger partial charge in [0, 0.05) is 17.9 Å². The number of likely N-dealkylation sites (tertiary alicyclic amines) is 1. The number of rotatable bonds is 5. The minimum absolute atomic E-state index is 0.179. The van der Waals surface area contributed by atoms with Gasteiger partial charge in [-0.3, -0.25) is 4.79 Å². The molecule has 1 heterocycles. The first-order chi connectivity index (χ1) is 15.9. The number of alkyl carbamates (subject to hydrolysis) is 1. The molecule has 2 N–H and O–H groups in total. The first-order valence-corrected chi connectivity index (χ1v) is 10.6. The lowest BCUT2D eigenvalue weighted by molar-refractivity contribution is -0.192. The number of hydrogen-bond acceptors (Lipinski definition) is 4. The minimum atomic E-state index is -5.13. The van der Waals surface area contributed by atoms with Crippen molar-refractivity contribution >= 4 is 18.0 Å². The number of halogens is 3. The van der Waals surface area contributed by atoms with Crippen LogP contribution in [0.4, 0.5) is 18.0 Å². The van der Waals surface area contributed by atoms with E-state index in [0.717, 1.165) is 22.3 Å². The fourth-order valence-corrected chi connectivity index (χ4v) is 4.81. The Morgan fingerprint density at radius 1 is 1.09 bits per heavy atom. The van der Waals surface area contributed by atoms with Crippen molar-refractivity contribution in [3.8, 4) is 11.1 Å². The minimum Gasteiger partial charge on any atom is -0.480 e. The topological polar surface area (TPSA) is 95.9 Å². The van der Waals surface area contributed by atoms with Crippen molar-refractivity contribution in [1.82, 2.24) is 10.2 Å². The molecule has 4 rings (SSSR count). The Balaban J connectivity index is 1.47. The highest BCUT2D eigenvalue weighted by Gasteiger charge is 2.58. The summed E-state index contributed by atoms with van der Waals surface area (Å²) in [5, 5.41) is 10.9. The van der Waals surface area contributed by atoms with E-state index in [-0.39, 0.29) is 19.1 Å². The van der Waals surface area contributed by atoms with E-state index < -0.39 is 41.6 Å². The molecular weight excluding hydrogens is 453 g/mol. The molecule has 0 radical (unpaired) electrons. The summed E-state index contributed by atoms with van der Waals surface area (Å²) in [4.78, 5) is 37.0. The summed E-state index contributed by atoms with van der Waals surface area (Å²) in [5.41, 5.74) is 2.78. The van der Waals surface area contributed by atoms with Crippen LogP contribution >= 0.6 is 0 Å². The number of alkyl halides is 3. The van der Waals surface area contributed by atoms with E-state index in [0.29, 0.717) is 4.90 Å². The van der Waals surface area contributed by atoms with Crippen LogP contribution in [0, 0.1) is 5.41 Å². The van der Waals surface area contributed by atoms with Gasteiger partial charge < -0.3 is 20.1 Å². The molecule has 34 heavy (non-hydrogen) atoms. The van der Waals surface area contributed by atoms with Gasteiger partial charge in [0.15, 0.2) is 0 Å². The Labute approximate surface area is 193 Å². The molecule has 2 aromatic rings. The van der Waals surface area contributed by atoms with Crippen molar-refractivity contribution < 1.29 is 37.4 Å². The molecule has 2 amide bonds. The van der Waals surface area contributed by atoms with Crippen molar-refractivity contribution in [3.63, 3.8) is 0 Å². The average Bonchev–Trinajstić information content (AvgIpc) is 3.06. The summed E-state index contributed by atoms with van der Waals surface area (Å²) in [6.45, 7) is 2.67. The number of nitrogens with zero attached hydrogens (tertiary/aromatic N) is 1. The Hall–Kier alpha value is -3.56. The van der Waals surface area contributed by atoms with Crippen LogP contribution in [0.1, 0.15) is 30.9 Å². The number of carbonyl (C=O) groups is 3. The van der Waals surface area contributed by atoms with Crippen molar-refractivity contribution in [2.75, 3.05) is 13.2 Å². The fourth-order valence-electron chi connectivity index (χ4n) is 4.81. The number of ether oxygens (including phenoxy) is 1. The maximum Gasteiger partial charge on any atom is 0.417 e. The quantitative estimate of drug-likeness (QED) is 0.685. The zero-order valence-corrected chi connectivity index (χ0v) is 18.4. The monoisotopic (exact) mass is 476 g/mol. The van der Waals surface area contributed by atoms with Crippen LogP contribution in [0.3, 0.4) is 0 Å². The van der Waals surface area contributed by atoms with E-state index in [1.807, 2.05) is 48.5 Å². The number of fused-ring (bicyclic) bond motifs is 3. The van der Waals surface area contributed by atoms with Gasteiger partial charge in [0.2, 0.25) is 6.04 Å². The number of amides is 2. The molecule has 2 atom stereocenters. The first kappa shape index (κ1) is 23.6. The van der Waals surface area contributed by atoms with Gasteiger partial charge in [-0.1, -0.05) is 62.4 Å². The summed E-state index contributed by atoms with van der Waals surface area (Å²) in [7, 11) is 0. The van der Waals surface area contributed by atoms with Gasteiger partial charge in [-0.25, -0.2) is 9.59 Å². The molecule has 1 fully saturated rings. The Morgan fingerprint density at radius 2 is 1.62 bits per heavy atom. The van der Waals surface area contributed by atoms with Gasteiger partial charge in [0.05, 0.1) is 0 Å². The number of carbonyl (C=O) groups excluding carboxylic acids is 2. The van der Waals surface area contributed by atoms with E-state index in [1.165, 1.54) is 13.8 Å². The molecule has 0 spiro atoms. The summed E-state index contributed by atoms with van der Waals surface area (Å²) in [6, 6.07) is 10.6. The third-order valence-electron chi connectivity index (χ3n) is 6.33. The second-order valence-electron chi connectivity index (χ2n) is 9.14. The molecule has 1 aliphatic heterocycles. The molecule has 10 heteroatoms. The van der Waals surface area contributed by atoms with E-state index in [1.54, 1.807) is 5.32 Å². The van der Waals surface area contributed by atoms with Gasteiger partial charge in [-0.15, -0.1) is 0 Å². The average molecular weight is 476 g/mol. The Morgan fingerprint density at radius 3 is 2.09 bits per heavy atom. The van der Waals surface area contributed by atoms with Gasteiger partial charge in [0.1, 0.15) is 12.6 Å². The highest BCUT2D eigenvalue weighted by atomic mass is 19.4. The summed E-state index contributed by atoms with van der Waals surface area (Å²) in [5.74, 6) is -3.31. The second kappa shape index (κ2) is 8.34. The van der Waals surface area contributed by atoms with Crippen LogP contribution in [-0.2, 0) is 14.3 Å². The lowest BCUT2D eigenvalue weighted by Gasteiger charge is -2.52. The number of nitrogens with one attached hydrogen (secondary N) is 1. The predicted octanol–water partition coefficient (Wildman–Crippen LogP) is 3.78. The predicted molar refractivity (Wildman–Crippen MR) is 115 cm³/mol. The molecule has 0 bridgehead atoms. The Bertz CT molecular complexity index is 1100. The van der Waals surface area contributed by atoms with Crippen molar-refractivity contribution in [1.29, 1.82) is 0 Å². The summed E-state index contributed by atoms with van der Waals surface area (Å²) >= 11 is 0. The van der Waals surface area contributed by atoms with E-state index in [9.17, 15) is 32.7 Å². The Kier molecular flexibility index (Phi) is 5.79. The lowest BCUT2D eigenvalue weighted by atomic mass is 9.74. The molecular formula is C24H23F3N2O5. The van der Waals surface area contributed by atoms with Crippen LogP contribution in [0.2, 0.25) is 0 Å². The van der Waals surface area contributed by atoms with Crippen molar-refractivity contribution in [2.45, 2.75) is 38.0 Å². The fraction of sp³-hybridized carbons (Fsp3) is 0.375. The molecule has 7 nitrogen and oxygen atoms in total. The summed E-state index contributed by atoms with van der Waals surface area (Å²) in [6.07, 6.45) is -6.55. The van der Waals surface area contributed by atoms with Gasteiger partial charge in [-0.2, -0.15) is 13.2 Å². The molecule has 180 valence electrons. The third-order valence-corrected chi connectivity index (χ3v) is 6.33. The molecule has 2 aliphatic rings. The zero-order chi connectivity index (χ0) is 24.8. The van der Waals surface area contributed by atoms with E-state index >= 15 is 0 Å². The summed E-state index contributed by atoms with van der Waals surface area (Å²) < 4.78 is 46.1. The second-order valence-corrected chi connectivity index (χ2v) is 9.14. The highest BCUT2D eigenvalue weighted by molar-refractivity contribution is 5.92. The third kappa shape index (κ3) is 4.08. The van der Waals surface area contributed by atoms with Crippen LogP contribution in [0.25, 0.3) is 11.1 Å². The molecule has 2 aromatic carbocycles. The SMILES string of the molecule is CC1(C)CN(C(=O)C(NC(=O)OCC2c3ccccc3-c3ccccc32)C(F)(F)F)C1C(=O)O. The molecule has 1 aliphatic carbocycles. The van der Waals surface area contributed by atoms with Gasteiger partial charge in [-0.05, 0) is 22.3 Å². The number of carboxylic acid groups (broad SMARTS) is 1. The van der Waals surface area contributed by atoms with E-state index in [2.05, 4.69) is 0 Å². The molecule has 2 unspecified atom stereocenters. The molecule has 0 saturated carbocycles. The van der Waals surface area contributed by atoms with Crippen LogP contribution in [0.5, 0.6) is 0 Å². The zero-order valence-electron chi connectivity index (χ0n) is 18.4. The number of carboxylic acids is 1. The standard InChI is InChI=1S/C24H23F3N2O5/c1-23(2)12-29(19(23)21(31)32)20(30)18(24(25,26)27)28-22(33)34-11-17-15-9-5-3-7-13(15)14-8-4-6-10-16(14)17/h3-10,17-19H,11-12H2,1-2H3,(H,28,33)(H,31,32). The largest absolute Gasteiger partial charge is 0.480 e. The van der Waals surface area contributed by atoms with Crippen LogP contribution < -0.4 is 5.32 Å². The van der Waals surface area contributed by atoms with Gasteiger partial charge in [0.25, 0.3) is 5.91 Å². The number of benzene rings is 2. The number of hydrogen-bond donors (Lipinski definition) is 2. The van der Waals surface area contributed by atoms with Gasteiger partial charge >= 0.3 is 18.2 Å². The smallest absolute Gasteiger partial charge is 0.417 e. The van der Waals surface area contributed by atoms with Crippen molar-refractivity contribution in [2.24, 2.45) is 5.41 Å². The van der Waals surface area contributed by atoms with Crippen molar-refractivity contribution in [3.05, 3.63) is 59.7 Å². The normalized spacial score (nSPS) is 19.4. The number of aliphatic carboxylic acids is 1. The molecule has 0 aromatic heterocycles. The van der Waals surface area contributed by atoms with Crippen LogP contribution in [-0.4, -0.2) is 59.4 Å². The lowest BCUT2D eigenvalue weighted by Crippen LogP contribution is -2.71. The molecule has 1 saturated heterocycles. The first-order valence-electron chi connectivity index (χ1n) is 10.6. The maximum atomic E-state index is 13.6. The maximum absolute atomic E-state index is 13.6.